The number of fused-ring (bicyclic) bond motifs is 1. The molecule has 0 unspecified atom stereocenters. The van der Waals surface area contributed by atoms with Gasteiger partial charge in [-0.1, -0.05) is 103 Å². The Kier molecular flexibility index (Phi) is 7.50. The molecule has 0 saturated carbocycles. The molecule has 0 bridgehead atoms. The van der Waals surface area contributed by atoms with Crippen LogP contribution in [0.4, 0.5) is 4.39 Å². The van der Waals surface area contributed by atoms with Crippen molar-refractivity contribution in [1.29, 1.82) is 0 Å². The predicted molar refractivity (Wildman–Crippen MR) is 177 cm³/mol. The number of rotatable bonds is 8. The maximum absolute atomic E-state index is 15.4. The molecule has 7 heteroatoms. The van der Waals surface area contributed by atoms with Crippen LogP contribution in [-0.2, 0) is 10.3 Å². The lowest BCUT2D eigenvalue weighted by molar-refractivity contribution is 0.0526. The summed E-state index contributed by atoms with van der Waals surface area (Å²) < 4.78 is 24.3. The molecule has 4 aromatic carbocycles. The van der Waals surface area contributed by atoms with Gasteiger partial charge >= 0.3 is 5.97 Å². The maximum Gasteiger partial charge on any atom is 0.338 e. The van der Waals surface area contributed by atoms with E-state index in [1.165, 1.54) is 0 Å². The molecule has 0 amide bonds. The van der Waals surface area contributed by atoms with Crippen LogP contribution < -0.4 is 0 Å². The zero-order valence-electron chi connectivity index (χ0n) is 25.5. The normalized spacial score (nSPS) is 11.5. The van der Waals surface area contributed by atoms with E-state index in [2.05, 4.69) is 84.0 Å². The van der Waals surface area contributed by atoms with E-state index in [4.69, 9.17) is 9.84 Å². The number of carbonyl (C=O) groups is 1. The van der Waals surface area contributed by atoms with Crippen LogP contribution in [0.3, 0.4) is 0 Å². The Morgan fingerprint density at radius 1 is 0.739 bits per heavy atom. The van der Waals surface area contributed by atoms with E-state index >= 15 is 4.39 Å². The molecule has 0 aliphatic rings. The van der Waals surface area contributed by atoms with Crippen molar-refractivity contribution in [2.75, 3.05) is 6.61 Å². The number of halogens is 1. The number of nitrogens with zero attached hydrogens (tertiary/aromatic N) is 4. The van der Waals surface area contributed by atoms with Crippen LogP contribution in [0.2, 0.25) is 0 Å². The average Bonchev–Trinajstić information content (AvgIpc) is 3.65. The molecule has 0 aliphatic carbocycles. The number of carbonyl (C=O) groups excluding carboxylic acids is 1. The van der Waals surface area contributed by atoms with Crippen molar-refractivity contribution >= 4 is 11.6 Å². The summed E-state index contributed by atoms with van der Waals surface area (Å²) in [6.45, 7) is 4.03. The number of hydrogen-bond acceptors (Lipinski definition) is 4. The summed E-state index contributed by atoms with van der Waals surface area (Å²) in [5, 5.41) is 5.17. The summed E-state index contributed by atoms with van der Waals surface area (Å²) in [5.41, 5.74) is 6.84. The van der Waals surface area contributed by atoms with Gasteiger partial charge in [0.05, 0.1) is 17.9 Å². The van der Waals surface area contributed by atoms with E-state index < -0.39 is 17.5 Å². The van der Waals surface area contributed by atoms with Crippen LogP contribution in [0.5, 0.6) is 0 Å². The fraction of sp³-hybridized carbons (Fsp3) is 0.103. The van der Waals surface area contributed by atoms with Crippen LogP contribution in [0.15, 0.2) is 140 Å². The highest BCUT2D eigenvalue weighted by atomic mass is 19.1. The van der Waals surface area contributed by atoms with Gasteiger partial charge in [-0.3, -0.25) is 9.08 Å². The summed E-state index contributed by atoms with van der Waals surface area (Å²) in [4.78, 5) is 16.4. The molecule has 7 rings (SSSR count). The van der Waals surface area contributed by atoms with Crippen molar-refractivity contribution in [2.45, 2.75) is 19.4 Å². The monoisotopic (exact) mass is 606 g/mol. The smallest absolute Gasteiger partial charge is 0.338 e. The van der Waals surface area contributed by atoms with Crippen LogP contribution in [0.1, 0.15) is 39.7 Å². The number of hydrogen-bond donors (Lipinski definition) is 0. The summed E-state index contributed by atoms with van der Waals surface area (Å²) in [6, 6.07) is 41.6. The highest BCUT2D eigenvalue weighted by molar-refractivity contribution is 5.90. The minimum atomic E-state index is -0.760. The zero-order chi connectivity index (χ0) is 31.7. The minimum Gasteiger partial charge on any atom is -0.462 e. The molecule has 7 aromatic rings. The molecule has 0 fully saturated rings. The lowest BCUT2D eigenvalue weighted by Gasteiger charge is -2.36. The van der Waals surface area contributed by atoms with Gasteiger partial charge in [0.15, 0.2) is 0 Å². The van der Waals surface area contributed by atoms with E-state index in [1.807, 2.05) is 48.1 Å². The molecular weight excluding hydrogens is 575 g/mol. The zero-order valence-corrected chi connectivity index (χ0v) is 25.5. The molecule has 0 radical (unpaired) electrons. The Labute approximate surface area is 266 Å². The molecule has 0 spiro atoms. The van der Waals surface area contributed by atoms with Gasteiger partial charge in [-0.05, 0) is 54.8 Å². The number of imidazole rings is 1. The second-order valence-corrected chi connectivity index (χ2v) is 11.1. The van der Waals surface area contributed by atoms with Crippen LogP contribution in [0, 0.1) is 12.9 Å². The first-order chi connectivity index (χ1) is 22.5. The number of pyridine rings is 1. The fourth-order valence-corrected chi connectivity index (χ4v) is 6.26. The largest absolute Gasteiger partial charge is 0.462 e. The van der Waals surface area contributed by atoms with Crippen LogP contribution >= 0.6 is 0 Å². The van der Waals surface area contributed by atoms with E-state index in [1.54, 1.807) is 35.6 Å². The molecule has 6 nitrogen and oxygen atoms in total. The Hall–Kier alpha value is -5.82. The first-order valence-corrected chi connectivity index (χ1v) is 15.2. The van der Waals surface area contributed by atoms with Gasteiger partial charge < -0.3 is 4.74 Å². The Morgan fingerprint density at radius 2 is 1.28 bits per heavy atom. The highest BCUT2D eigenvalue weighted by Crippen LogP contribution is 2.42. The van der Waals surface area contributed by atoms with Gasteiger partial charge in [-0.15, -0.1) is 0 Å². The number of esters is 1. The van der Waals surface area contributed by atoms with Gasteiger partial charge in [0.1, 0.15) is 16.9 Å². The topological polar surface area (TPSA) is 61.4 Å². The van der Waals surface area contributed by atoms with Crippen molar-refractivity contribution in [1.82, 2.24) is 19.2 Å². The van der Waals surface area contributed by atoms with Crippen LogP contribution in [0.25, 0.3) is 28.0 Å². The first-order valence-electron chi connectivity index (χ1n) is 15.2. The summed E-state index contributed by atoms with van der Waals surface area (Å²) in [7, 11) is 0. The SMILES string of the molecule is CCOC(=O)c1ccc(-c2c(F)nc3ccc(-c4cn(C(c5ccccc5)(c5ccccc5)c5ccccc5)nc4C)cn23)cc1. The molecule has 3 aromatic heterocycles. The molecule has 3 heterocycles. The molecule has 0 aliphatic heterocycles. The maximum atomic E-state index is 15.4. The van der Waals surface area contributed by atoms with E-state index in [9.17, 15) is 4.79 Å². The second-order valence-electron chi connectivity index (χ2n) is 11.1. The van der Waals surface area contributed by atoms with Crippen molar-refractivity contribution in [2.24, 2.45) is 0 Å². The molecule has 46 heavy (non-hydrogen) atoms. The van der Waals surface area contributed by atoms with Crippen molar-refractivity contribution < 1.29 is 13.9 Å². The number of benzene rings is 4. The Morgan fingerprint density at radius 3 is 1.83 bits per heavy atom. The molecule has 226 valence electrons. The Balaban J connectivity index is 1.39. The predicted octanol–water partition coefficient (Wildman–Crippen LogP) is 8.33. The standard InChI is InChI=1S/C39H31FN4O2/c1-3-46-38(45)29-21-19-28(20-22-29)36-37(40)41-35-24-23-30(25-43(35)36)34-26-44(42-27(34)2)39(31-13-7-4-8-14-31,32-15-9-5-10-16-32)33-17-11-6-12-18-33/h4-26H,3H2,1-2H3. The Bertz CT molecular complexity index is 2040. The lowest BCUT2D eigenvalue weighted by Crippen LogP contribution is -2.38. The van der Waals surface area contributed by atoms with Crippen LogP contribution in [-0.4, -0.2) is 31.7 Å². The third-order valence-corrected chi connectivity index (χ3v) is 8.37. The van der Waals surface area contributed by atoms with Gasteiger partial charge in [-0.25, -0.2) is 4.79 Å². The second kappa shape index (κ2) is 11.9. The highest BCUT2D eigenvalue weighted by Gasteiger charge is 2.39. The van der Waals surface area contributed by atoms with Gasteiger partial charge in [0, 0.05) is 29.1 Å². The van der Waals surface area contributed by atoms with Crippen molar-refractivity contribution in [3.63, 3.8) is 0 Å². The number of aryl methyl sites for hydroxylation is 1. The fourth-order valence-electron chi connectivity index (χ4n) is 6.26. The molecule has 0 atom stereocenters. The van der Waals surface area contributed by atoms with E-state index in [0.29, 0.717) is 22.5 Å². The molecule has 0 saturated heterocycles. The summed E-state index contributed by atoms with van der Waals surface area (Å²) in [5.74, 6) is -1.01. The third kappa shape index (κ3) is 4.86. The number of ether oxygens (including phenoxy) is 1. The number of aromatic nitrogens is 4. The van der Waals surface area contributed by atoms with Gasteiger partial charge in [-0.2, -0.15) is 14.5 Å². The minimum absolute atomic E-state index is 0.282. The molecule has 0 N–H and O–H groups in total. The van der Waals surface area contributed by atoms with E-state index in [0.717, 1.165) is 33.5 Å². The van der Waals surface area contributed by atoms with Gasteiger partial charge in [0.25, 0.3) is 0 Å². The summed E-state index contributed by atoms with van der Waals surface area (Å²) >= 11 is 0. The van der Waals surface area contributed by atoms with Gasteiger partial charge in [0.2, 0.25) is 5.95 Å². The molecular formula is C39H31FN4O2. The quantitative estimate of drug-likeness (QED) is 0.129. The third-order valence-electron chi connectivity index (χ3n) is 8.37. The first kappa shape index (κ1) is 28.9. The average molecular weight is 607 g/mol. The lowest BCUT2D eigenvalue weighted by atomic mass is 9.77. The summed E-state index contributed by atoms with van der Waals surface area (Å²) in [6.07, 6.45) is 3.97. The van der Waals surface area contributed by atoms with E-state index in [-0.39, 0.29) is 6.61 Å². The van der Waals surface area contributed by atoms with Crippen molar-refractivity contribution in [3.05, 3.63) is 174 Å². The van der Waals surface area contributed by atoms with Crippen molar-refractivity contribution in [3.8, 4) is 22.4 Å².